The van der Waals surface area contributed by atoms with Crippen LogP contribution in [0.3, 0.4) is 0 Å². The number of hydrogen-bond acceptors (Lipinski definition) is 6. The highest BCUT2D eigenvalue weighted by Crippen LogP contribution is 2.31. The Morgan fingerprint density at radius 1 is 1.07 bits per heavy atom. The molecule has 0 radical (unpaired) electrons. The van der Waals surface area contributed by atoms with Gasteiger partial charge in [-0.15, -0.1) is 0 Å². The van der Waals surface area contributed by atoms with Crippen LogP contribution in [0.1, 0.15) is 25.7 Å². The largest absolute Gasteiger partial charge is 0.383 e. The summed E-state index contributed by atoms with van der Waals surface area (Å²) in [7, 11) is 0. The number of fused-ring (bicyclic) bond motifs is 2. The summed E-state index contributed by atoms with van der Waals surface area (Å²) in [4.78, 5) is 17.1. The van der Waals surface area contributed by atoms with Crippen LogP contribution in [0, 0.1) is 0 Å². The zero-order valence-corrected chi connectivity index (χ0v) is 15.5. The van der Waals surface area contributed by atoms with Gasteiger partial charge in [-0.2, -0.15) is 0 Å². The number of nitrogen functional groups attached to an aromatic ring is 1. The molecule has 0 saturated heterocycles. The van der Waals surface area contributed by atoms with E-state index in [1.807, 2.05) is 12.1 Å². The maximum absolute atomic E-state index is 6.27. The monoisotopic (exact) mass is 373 g/mol. The van der Waals surface area contributed by atoms with E-state index < -0.39 is 0 Å². The van der Waals surface area contributed by atoms with Crippen molar-refractivity contribution < 1.29 is 0 Å². The van der Waals surface area contributed by atoms with E-state index in [1.165, 1.54) is 12.8 Å². The van der Waals surface area contributed by atoms with Crippen LogP contribution >= 0.6 is 0 Å². The van der Waals surface area contributed by atoms with Crippen molar-refractivity contribution in [2.45, 2.75) is 37.8 Å². The molecule has 0 spiro atoms. The summed E-state index contributed by atoms with van der Waals surface area (Å²) in [5.41, 5.74) is 16.1. The predicted molar refractivity (Wildman–Crippen MR) is 113 cm³/mol. The van der Waals surface area contributed by atoms with Gasteiger partial charge in [0.2, 0.25) is 5.95 Å². The molecular weight excluding hydrogens is 350 g/mol. The van der Waals surface area contributed by atoms with Crippen LogP contribution in [-0.2, 0) is 0 Å². The number of benzene rings is 1. The van der Waals surface area contributed by atoms with Crippen molar-refractivity contribution in [3.63, 3.8) is 0 Å². The topological polar surface area (TPSA) is 119 Å². The summed E-state index contributed by atoms with van der Waals surface area (Å²) in [5.74, 6) is 1.01. The first-order chi connectivity index (χ1) is 13.7. The van der Waals surface area contributed by atoms with Crippen molar-refractivity contribution in [3.05, 3.63) is 42.7 Å². The van der Waals surface area contributed by atoms with Crippen LogP contribution in [0.2, 0.25) is 0 Å². The minimum Gasteiger partial charge on any atom is -0.383 e. The van der Waals surface area contributed by atoms with Gasteiger partial charge in [0.15, 0.2) is 0 Å². The average Bonchev–Trinajstić information content (AvgIpc) is 3.14. The van der Waals surface area contributed by atoms with Gasteiger partial charge in [0, 0.05) is 40.9 Å². The molecule has 1 aliphatic carbocycles. The number of para-hydroxylation sites is 1. The fraction of sp³-hybridized carbons (Fsp3) is 0.286. The molecule has 0 amide bonds. The fourth-order valence-electron chi connectivity index (χ4n) is 4.03. The van der Waals surface area contributed by atoms with E-state index in [4.69, 9.17) is 16.5 Å². The molecule has 1 aromatic carbocycles. The van der Waals surface area contributed by atoms with Crippen molar-refractivity contribution in [2.75, 3.05) is 11.1 Å². The van der Waals surface area contributed by atoms with Gasteiger partial charge in [0.1, 0.15) is 5.82 Å². The molecule has 3 heterocycles. The smallest absolute Gasteiger partial charge is 0.223 e. The number of anilines is 2. The van der Waals surface area contributed by atoms with Crippen LogP contribution in [0.15, 0.2) is 42.7 Å². The highest BCUT2D eigenvalue weighted by atomic mass is 15.1. The molecule has 28 heavy (non-hydrogen) atoms. The first-order valence-electron chi connectivity index (χ1n) is 9.70. The lowest BCUT2D eigenvalue weighted by Gasteiger charge is -2.29. The van der Waals surface area contributed by atoms with Gasteiger partial charge in [0.25, 0.3) is 0 Å². The Morgan fingerprint density at radius 3 is 2.79 bits per heavy atom. The predicted octanol–water partition coefficient (Wildman–Crippen LogP) is 3.44. The third-order valence-corrected chi connectivity index (χ3v) is 5.61. The SMILES string of the molecule is Nc1ncc(-c2cc3ccccc3[nH]2)c2nc(N[C@H]3CCCC[C@H]3N)ncc12. The van der Waals surface area contributed by atoms with Crippen molar-refractivity contribution in [3.8, 4) is 11.3 Å². The van der Waals surface area contributed by atoms with Crippen molar-refractivity contribution in [1.29, 1.82) is 0 Å². The molecule has 3 aromatic heterocycles. The van der Waals surface area contributed by atoms with Crippen LogP contribution in [-0.4, -0.2) is 32.0 Å². The van der Waals surface area contributed by atoms with Gasteiger partial charge in [-0.1, -0.05) is 31.0 Å². The molecule has 142 valence electrons. The number of pyridine rings is 1. The number of nitrogens with one attached hydrogen (secondary N) is 2. The Hall–Kier alpha value is -3.19. The van der Waals surface area contributed by atoms with E-state index in [2.05, 4.69) is 38.5 Å². The second-order valence-corrected chi connectivity index (χ2v) is 7.48. The maximum atomic E-state index is 6.27. The number of aromatic nitrogens is 4. The summed E-state index contributed by atoms with van der Waals surface area (Å²) in [6.45, 7) is 0. The number of aromatic amines is 1. The minimum absolute atomic E-state index is 0.128. The molecule has 7 nitrogen and oxygen atoms in total. The second-order valence-electron chi connectivity index (χ2n) is 7.48. The summed E-state index contributed by atoms with van der Waals surface area (Å²) < 4.78 is 0. The molecule has 4 aromatic rings. The third kappa shape index (κ3) is 2.93. The van der Waals surface area contributed by atoms with Crippen LogP contribution in [0.25, 0.3) is 33.1 Å². The zero-order valence-electron chi connectivity index (χ0n) is 15.5. The van der Waals surface area contributed by atoms with Gasteiger partial charge in [-0.25, -0.2) is 15.0 Å². The van der Waals surface area contributed by atoms with Gasteiger partial charge in [-0.3, -0.25) is 0 Å². The molecule has 0 bridgehead atoms. The summed E-state index contributed by atoms with van der Waals surface area (Å²) in [6.07, 6.45) is 7.94. The number of hydrogen-bond donors (Lipinski definition) is 4. The molecule has 2 atom stereocenters. The Kier molecular flexibility index (Phi) is 4.09. The normalized spacial score (nSPS) is 19.9. The van der Waals surface area contributed by atoms with E-state index in [0.717, 1.165) is 45.9 Å². The first kappa shape index (κ1) is 16.9. The van der Waals surface area contributed by atoms with Gasteiger partial charge in [0.05, 0.1) is 16.6 Å². The van der Waals surface area contributed by atoms with E-state index in [9.17, 15) is 0 Å². The Balaban J connectivity index is 1.59. The quantitative estimate of drug-likeness (QED) is 0.437. The molecule has 7 heteroatoms. The molecule has 0 unspecified atom stereocenters. The fourth-order valence-corrected chi connectivity index (χ4v) is 4.03. The highest BCUT2D eigenvalue weighted by Gasteiger charge is 2.22. The van der Waals surface area contributed by atoms with Gasteiger partial charge in [-0.05, 0) is 25.0 Å². The van der Waals surface area contributed by atoms with E-state index >= 15 is 0 Å². The Morgan fingerprint density at radius 2 is 1.93 bits per heavy atom. The maximum Gasteiger partial charge on any atom is 0.223 e. The average molecular weight is 373 g/mol. The molecular formula is C21H23N7. The summed E-state index contributed by atoms with van der Waals surface area (Å²) in [6, 6.07) is 10.6. The van der Waals surface area contributed by atoms with Crippen molar-refractivity contribution >= 4 is 33.6 Å². The van der Waals surface area contributed by atoms with E-state index in [-0.39, 0.29) is 12.1 Å². The lowest BCUT2D eigenvalue weighted by molar-refractivity contribution is 0.402. The lowest BCUT2D eigenvalue weighted by Crippen LogP contribution is -2.42. The molecule has 0 aliphatic heterocycles. The number of rotatable bonds is 3. The molecule has 6 N–H and O–H groups in total. The molecule has 1 fully saturated rings. The van der Waals surface area contributed by atoms with Gasteiger partial charge < -0.3 is 21.8 Å². The van der Waals surface area contributed by atoms with Crippen LogP contribution in [0.4, 0.5) is 11.8 Å². The highest BCUT2D eigenvalue weighted by molar-refractivity contribution is 6.00. The van der Waals surface area contributed by atoms with Crippen molar-refractivity contribution in [1.82, 2.24) is 19.9 Å². The molecule has 5 rings (SSSR count). The number of nitrogens with two attached hydrogens (primary N) is 2. The number of nitrogens with zero attached hydrogens (tertiary/aromatic N) is 3. The molecule has 1 saturated carbocycles. The zero-order chi connectivity index (χ0) is 19.1. The molecule has 1 aliphatic rings. The van der Waals surface area contributed by atoms with E-state index in [0.29, 0.717) is 11.8 Å². The van der Waals surface area contributed by atoms with Crippen molar-refractivity contribution in [2.24, 2.45) is 5.73 Å². The standard InChI is InChI=1S/C21H23N7/c22-15-6-2-4-8-17(15)27-21-25-11-14-19(28-21)13(10-24-20(14)23)18-9-12-5-1-3-7-16(12)26-18/h1,3,5,7,9-11,15,17,26H,2,4,6,8,22H2,(H2,23,24)(H,25,27,28)/t15-,17+/m1/s1. The summed E-state index contributed by atoms with van der Waals surface area (Å²) >= 11 is 0. The summed E-state index contributed by atoms with van der Waals surface area (Å²) in [5, 5.41) is 5.32. The minimum atomic E-state index is 0.128. The third-order valence-electron chi connectivity index (χ3n) is 5.61. The Labute approximate surface area is 162 Å². The van der Waals surface area contributed by atoms with Gasteiger partial charge >= 0.3 is 0 Å². The van der Waals surface area contributed by atoms with E-state index in [1.54, 1.807) is 12.4 Å². The lowest BCUT2D eigenvalue weighted by atomic mass is 9.91. The second kappa shape index (κ2) is 6.76. The number of H-pyrrole nitrogens is 1. The van der Waals surface area contributed by atoms with Crippen LogP contribution < -0.4 is 16.8 Å². The Bertz CT molecular complexity index is 1120. The van der Waals surface area contributed by atoms with Crippen LogP contribution in [0.5, 0.6) is 0 Å². The first-order valence-corrected chi connectivity index (χ1v) is 9.70.